The average molecular weight is 546 g/mol. The molecule has 7 nitrogen and oxygen atoms in total. The Bertz CT molecular complexity index is 1220. The topological polar surface area (TPSA) is 92.6 Å². The monoisotopic (exact) mass is 545 g/mol. The van der Waals surface area contributed by atoms with Crippen LogP contribution in [0.25, 0.3) is 0 Å². The van der Waals surface area contributed by atoms with Gasteiger partial charge in [-0.25, -0.2) is 0 Å². The molecule has 4 rings (SSSR count). The van der Waals surface area contributed by atoms with Gasteiger partial charge < -0.3 is 10.2 Å². The van der Waals surface area contributed by atoms with E-state index >= 15 is 0 Å². The number of carbonyl (C=O) groups is 2. The van der Waals surface area contributed by atoms with Crippen LogP contribution in [0.4, 0.5) is 5.69 Å². The highest BCUT2D eigenvalue weighted by Crippen LogP contribution is 2.22. The van der Waals surface area contributed by atoms with E-state index in [2.05, 4.69) is 5.32 Å². The van der Waals surface area contributed by atoms with Crippen LogP contribution in [0.1, 0.15) is 48.8 Å². The summed E-state index contributed by atoms with van der Waals surface area (Å²) in [5.74, 6) is 0.535. The second-order valence-corrected chi connectivity index (χ2v) is 11.0. The fourth-order valence-electron chi connectivity index (χ4n) is 4.93. The van der Waals surface area contributed by atoms with Gasteiger partial charge in [0, 0.05) is 36.9 Å². The quantitative estimate of drug-likeness (QED) is 0.225. The van der Waals surface area contributed by atoms with E-state index in [1.165, 1.54) is 30.3 Å². The van der Waals surface area contributed by atoms with Gasteiger partial charge in [0.05, 0.1) is 10.7 Å². The summed E-state index contributed by atoms with van der Waals surface area (Å²) < 4.78 is 0. The highest BCUT2D eigenvalue weighted by molar-refractivity contribution is 7.99. The Hall–Kier alpha value is -3.65. The first kappa shape index (κ1) is 28.4. The standard InChI is InChI=1S/C31H35N3O4S/c35-30(23-39-22-26-16-18-28(19-17-26)34(37)38)33(21-25-12-6-2-7-13-25)29(20-24-10-4-1-5-11-24)31(36)32-27-14-8-3-9-15-27/h1-2,4-7,10-13,16-19,27,29H,3,8-9,14-15,20-23H2,(H,32,36)/t29-/m1/s1. The minimum Gasteiger partial charge on any atom is -0.352 e. The van der Waals surface area contributed by atoms with Crippen molar-refractivity contribution in [3.63, 3.8) is 0 Å². The van der Waals surface area contributed by atoms with Crippen LogP contribution in [0.15, 0.2) is 84.9 Å². The van der Waals surface area contributed by atoms with Crippen LogP contribution in [0.5, 0.6) is 0 Å². The molecule has 8 heteroatoms. The maximum atomic E-state index is 13.8. The molecule has 1 atom stereocenters. The summed E-state index contributed by atoms with van der Waals surface area (Å²) in [7, 11) is 0. The van der Waals surface area contributed by atoms with Crippen LogP contribution in [0, 0.1) is 10.1 Å². The van der Waals surface area contributed by atoms with Gasteiger partial charge in [0.15, 0.2) is 0 Å². The summed E-state index contributed by atoms with van der Waals surface area (Å²) in [4.78, 5) is 39.7. The third kappa shape index (κ3) is 8.68. The molecular weight excluding hydrogens is 510 g/mol. The number of thioether (sulfide) groups is 1. The summed E-state index contributed by atoms with van der Waals surface area (Å²) in [6.45, 7) is 0.341. The average Bonchev–Trinajstić information content (AvgIpc) is 2.96. The first-order chi connectivity index (χ1) is 19.0. The molecule has 0 aromatic heterocycles. The first-order valence-electron chi connectivity index (χ1n) is 13.5. The summed E-state index contributed by atoms with van der Waals surface area (Å²) in [5, 5.41) is 14.2. The number of hydrogen-bond donors (Lipinski definition) is 1. The van der Waals surface area contributed by atoms with Gasteiger partial charge in [0.1, 0.15) is 6.04 Å². The fourth-order valence-corrected chi connectivity index (χ4v) is 5.80. The van der Waals surface area contributed by atoms with E-state index < -0.39 is 11.0 Å². The normalized spacial score (nSPS) is 14.4. The van der Waals surface area contributed by atoms with Gasteiger partial charge in [-0.05, 0) is 29.5 Å². The van der Waals surface area contributed by atoms with Crippen molar-refractivity contribution in [1.29, 1.82) is 0 Å². The van der Waals surface area contributed by atoms with Gasteiger partial charge in [-0.2, -0.15) is 0 Å². The van der Waals surface area contributed by atoms with Crippen LogP contribution in [0.2, 0.25) is 0 Å². The summed E-state index contributed by atoms with van der Waals surface area (Å²) in [6.07, 6.45) is 5.80. The molecule has 0 unspecified atom stereocenters. The number of non-ortho nitro benzene ring substituents is 1. The Morgan fingerprint density at radius 2 is 1.49 bits per heavy atom. The maximum Gasteiger partial charge on any atom is 0.269 e. The lowest BCUT2D eigenvalue weighted by molar-refractivity contribution is -0.384. The number of nitrogens with one attached hydrogen (secondary N) is 1. The lowest BCUT2D eigenvalue weighted by Crippen LogP contribution is -2.53. The van der Waals surface area contributed by atoms with Crippen molar-refractivity contribution in [3.05, 3.63) is 112 Å². The zero-order chi connectivity index (χ0) is 27.5. The van der Waals surface area contributed by atoms with E-state index in [4.69, 9.17) is 0 Å². The molecule has 0 radical (unpaired) electrons. The molecule has 0 aliphatic heterocycles. The van der Waals surface area contributed by atoms with Gasteiger partial charge in [-0.3, -0.25) is 19.7 Å². The van der Waals surface area contributed by atoms with Crippen LogP contribution in [-0.4, -0.2) is 39.5 Å². The third-order valence-corrected chi connectivity index (χ3v) is 8.05. The van der Waals surface area contributed by atoms with Crippen molar-refractivity contribution in [2.75, 3.05) is 5.75 Å². The predicted octanol–water partition coefficient (Wildman–Crippen LogP) is 5.92. The molecule has 1 aliphatic carbocycles. The fraction of sp³-hybridized carbons (Fsp3) is 0.355. The van der Waals surface area contributed by atoms with Gasteiger partial charge in [-0.1, -0.05) is 92.1 Å². The second-order valence-electron chi connectivity index (χ2n) is 9.97. The SMILES string of the molecule is O=C(NC1CCCCC1)[C@@H](Cc1ccccc1)N(Cc1ccccc1)C(=O)CSCc1ccc([N+](=O)[O-])cc1. The summed E-state index contributed by atoms with van der Waals surface area (Å²) >= 11 is 1.45. The highest BCUT2D eigenvalue weighted by Gasteiger charge is 2.31. The number of hydrogen-bond acceptors (Lipinski definition) is 5. The number of nitro benzene ring substituents is 1. The number of carbonyl (C=O) groups excluding carboxylic acids is 2. The molecular formula is C31H35N3O4S. The lowest BCUT2D eigenvalue weighted by Gasteiger charge is -2.33. The molecule has 2 amide bonds. The maximum absolute atomic E-state index is 13.8. The predicted molar refractivity (Wildman–Crippen MR) is 155 cm³/mol. The minimum absolute atomic E-state index is 0.0431. The first-order valence-corrected chi connectivity index (χ1v) is 14.6. The molecule has 0 spiro atoms. The van der Waals surface area contributed by atoms with Crippen molar-refractivity contribution < 1.29 is 14.5 Å². The number of nitro groups is 1. The molecule has 1 fully saturated rings. The molecule has 3 aromatic rings. The van der Waals surface area contributed by atoms with E-state index in [1.54, 1.807) is 17.0 Å². The van der Waals surface area contributed by atoms with Crippen molar-refractivity contribution in [1.82, 2.24) is 10.2 Å². The molecule has 0 bridgehead atoms. The smallest absolute Gasteiger partial charge is 0.269 e. The molecule has 0 saturated heterocycles. The number of benzene rings is 3. The molecule has 0 heterocycles. The summed E-state index contributed by atoms with van der Waals surface area (Å²) in [6, 6.07) is 25.5. The van der Waals surface area contributed by atoms with Gasteiger partial charge in [0.2, 0.25) is 11.8 Å². The lowest BCUT2D eigenvalue weighted by atomic mass is 9.94. The van der Waals surface area contributed by atoms with Gasteiger partial charge in [-0.15, -0.1) is 11.8 Å². The van der Waals surface area contributed by atoms with Crippen LogP contribution in [0.3, 0.4) is 0 Å². The Kier molecular flexibility index (Phi) is 10.5. The van der Waals surface area contributed by atoms with E-state index in [9.17, 15) is 19.7 Å². The zero-order valence-electron chi connectivity index (χ0n) is 22.0. The summed E-state index contributed by atoms with van der Waals surface area (Å²) in [5.41, 5.74) is 2.92. The molecule has 39 heavy (non-hydrogen) atoms. The Morgan fingerprint density at radius 3 is 2.10 bits per heavy atom. The minimum atomic E-state index is -0.637. The number of nitrogens with zero attached hydrogens (tertiary/aromatic N) is 2. The number of amides is 2. The Labute approximate surface area is 234 Å². The van der Waals surface area contributed by atoms with Crippen molar-refractivity contribution in [2.45, 2.75) is 62.9 Å². The van der Waals surface area contributed by atoms with Crippen LogP contribution in [-0.2, 0) is 28.3 Å². The van der Waals surface area contributed by atoms with Crippen molar-refractivity contribution >= 4 is 29.3 Å². The Balaban J connectivity index is 1.52. The second kappa shape index (κ2) is 14.5. The van der Waals surface area contributed by atoms with Crippen LogP contribution < -0.4 is 5.32 Å². The largest absolute Gasteiger partial charge is 0.352 e. The molecule has 204 valence electrons. The molecule has 1 N–H and O–H groups in total. The van der Waals surface area contributed by atoms with E-state index in [1.807, 2.05) is 60.7 Å². The highest BCUT2D eigenvalue weighted by atomic mass is 32.2. The van der Waals surface area contributed by atoms with Crippen LogP contribution >= 0.6 is 11.8 Å². The molecule has 1 aliphatic rings. The molecule has 1 saturated carbocycles. The van der Waals surface area contributed by atoms with E-state index in [0.29, 0.717) is 18.7 Å². The number of rotatable bonds is 12. The van der Waals surface area contributed by atoms with Gasteiger partial charge >= 0.3 is 0 Å². The van der Waals surface area contributed by atoms with Crippen molar-refractivity contribution in [3.8, 4) is 0 Å². The van der Waals surface area contributed by atoms with E-state index in [0.717, 1.165) is 42.4 Å². The zero-order valence-corrected chi connectivity index (χ0v) is 22.9. The van der Waals surface area contributed by atoms with E-state index in [-0.39, 0.29) is 29.3 Å². The van der Waals surface area contributed by atoms with Crippen molar-refractivity contribution in [2.24, 2.45) is 0 Å². The van der Waals surface area contributed by atoms with Gasteiger partial charge in [0.25, 0.3) is 5.69 Å². The molecule has 3 aromatic carbocycles. The third-order valence-electron chi connectivity index (χ3n) is 7.06. The Morgan fingerprint density at radius 1 is 0.872 bits per heavy atom.